The Morgan fingerprint density at radius 1 is 1.14 bits per heavy atom. The maximum Gasteiger partial charge on any atom is 0.261 e. The van der Waals surface area contributed by atoms with Crippen LogP contribution in [0.5, 0.6) is 5.88 Å². The van der Waals surface area contributed by atoms with Crippen molar-refractivity contribution in [1.82, 2.24) is 4.98 Å². The molecule has 0 aliphatic carbocycles. The molecule has 0 bridgehead atoms. The van der Waals surface area contributed by atoms with Crippen molar-refractivity contribution < 1.29 is 13.2 Å². The Morgan fingerprint density at radius 3 is 2.52 bits per heavy atom. The lowest BCUT2D eigenvalue weighted by atomic mass is 10.4. The first-order valence-electron chi connectivity index (χ1n) is 6.78. The molecule has 0 radical (unpaired) electrons. The minimum absolute atomic E-state index is 0.216. The Bertz CT molecular complexity index is 655. The van der Waals surface area contributed by atoms with Gasteiger partial charge in [-0.15, -0.1) is 0 Å². The van der Waals surface area contributed by atoms with Crippen LogP contribution >= 0.6 is 0 Å². The lowest BCUT2D eigenvalue weighted by molar-refractivity contribution is 0.298. The fourth-order valence-electron chi connectivity index (χ4n) is 1.66. The number of anilines is 1. The van der Waals surface area contributed by atoms with Gasteiger partial charge >= 0.3 is 0 Å². The zero-order valence-electron chi connectivity index (χ0n) is 11.8. The summed E-state index contributed by atoms with van der Waals surface area (Å²) in [7, 11) is -3.58. The summed E-state index contributed by atoms with van der Waals surface area (Å²) in [4.78, 5) is 4.30. The third-order valence-electron chi connectivity index (χ3n) is 2.79. The van der Waals surface area contributed by atoms with Crippen LogP contribution in [0.1, 0.15) is 19.8 Å². The maximum absolute atomic E-state index is 12.1. The number of unbranched alkanes of at least 4 members (excludes halogenated alkanes) is 1. The van der Waals surface area contributed by atoms with E-state index >= 15 is 0 Å². The largest absolute Gasteiger partial charge is 0.478 e. The van der Waals surface area contributed by atoms with Crippen molar-refractivity contribution in [2.75, 3.05) is 11.3 Å². The monoisotopic (exact) mass is 306 g/mol. The number of hydrogen-bond acceptors (Lipinski definition) is 4. The van der Waals surface area contributed by atoms with E-state index in [0.717, 1.165) is 12.8 Å². The summed E-state index contributed by atoms with van der Waals surface area (Å²) in [5.74, 6) is 0.492. The third-order valence-corrected chi connectivity index (χ3v) is 4.19. The molecule has 2 aromatic rings. The average Bonchev–Trinajstić information content (AvgIpc) is 2.50. The summed E-state index contributed by atoms with van der Waals surface area (Å²) in [6, 6.07) is 11.5. The first-order valence-corrected chi connectivity index (χ1v) is 8.27. The predicted molar refractivity (Wildman–Crippen MR) is 81.9 cm³/mol. The number of rotatable bonds is 7. The van der Waals surface area contributed by atoms with Gasteiger partial charge in [-0.1, -0.05) is 31.5 Å². The highest BCUT2D eigenvalue weighted by atomic mass is 32.2. The van der Waals surface area contributed by atoms with Crippen LogP contribution in [-0.2, 0) is 10.0 Å². The number of ether oxygens (including phenoxy) is 1. The molecular formula is C15H18N2O3S. The summed E-state index contributed by atoms with van der Waals surface area (Å²) < 4.78 is 32.2. The molecule has 0 amide bonds. The Hall–Kier alpha value is -2.08. The third kappa shape index (κ3) is 4.46. The second-order valence-corrected chi connectivity index (χ2v) is 6.19. The second kappa shape index (κ2) is 7.08. The molecule has 0 atom stereocenters. The Kier molecular flexibility index (Phi) is 5.16. The van der Waals surface area contributed by atoms with Crippen molar-refractivity contribution in [2.45, 2.75) is 24.7 Å². The topological polar surface area (TPSA) is 68.3 Å². The number of hydrogen-bond donors (Lipinski definition) is 1. The zero-order valence-corrected chi connectivity index (χ0v) is 12.6. The van der Waals surface area contributed by atoms with Gasteiger partial charge in [0.2, 0.25) is 5.88 Å². The van der Waals surface area contributed by atoms with Crippen molar-refractivity contribution in [3.05, 3.63) is 48.7 Å². The average molecular weight is 306 g/mol. The normalized spacial score (nSPS) is 11.1. The van der Waals surface area contributed by atoms with Gasteiger partial charge in [0.05, 0.1) is 23.4 Å². The molecule has 5 nitrogen and oxygen atoms in total. The van der Waals surface area contributed by atoms with Gasteiger partial charge < -0.3 is 4.74 Å². The van der Waals surface area contributed by atoms with Crippen LogP contribution in [0.4, 0.5) is 5.69 Å². The summed E-state index contributed by atoms with van der Waals surface area (Å²) in [6.07, 6.45) is 3.46. The molecule has 1 aromatic heterocycles. The first kappa shape index (κ1) is 15.3. The smallest absolute Gasteiger partial charge is 0.261 e. The van der Waals surface area contributed by atoms with Gasteiger partial charge in [0.15, 0.2) is 0 Å². The van der Waals surface area contributed by atoms with E-state index in [1.807, 2.05) is 0 Å². The SMILES string of the molecule is CCCCOc1ccc(NS(=O)(=O)c2ccccc2)cn1. The molecular weight excluding hydrogens is 288 g/mol. The highest BCUT2D eigenvalue weighted by Gasteiger charge is 2.13. The van der Waals surface area contributed by atoms with Gasteiger partial charge in [0.25, 0.3) is 10.0 Å². The molecule has 6 heteroatoms. The molecule has 1 heterocycles. The molecule has 0 saturated carbocycles. The van der Waals surface area contributed by atoms with E-state index in [0.29, 0.717) is 18.2 Å². The molecule has 1 aromatic carbocycles. The first-order chi connectivity index (χ1) is 10.1. The number of sulfonamides is 1. The van der Waals surface area contributed by atoms with E-state index in [1.165, 1.54) is 18.3 Å². The molecule has 21 heavy (non-hydrogen) atoms. The van der Waals surface area contributed by atoms with Gasteiger partial charge in [0.1, 0.15) is 0 Å². The van der Waals surface area contributed by atoms with Gasteiger partial charge in [-0.25, -0.2) is 13.4 Å². The molecule has 0 aliphatic rings. The molecule has 1 N–H and O–H groups in total. The van der Waals surface area contributed by atoms with E-state index in [4.69, 9.17) is 4.74 Å². The molecule has 112 valence electrons. The van der Waals surface area contributed by atoms with Crippen LogP contribution in [0.3, 0.4) is 0 Å². The molecule has 0 saturated heterocycles. The van der Waals surface area contributed by atoms with Gasteiger partial charge in [-0.05, 0) is 24.6 Å². The fraction of sp³-hybridized carbons (Fsp3) is 0.267. The minimum Gasteiger partial charge on any atom is -0.478 e. The summed E-state index contributed by atoms with van der Waals surface area (Å²) in [6.45, 7) is 2.69. The van der Waals surface area contributed by atoms with Crippen LogP contribution in [0.25, 0.3) is 0 Å². The Balaban J connectivity index is 2.03. The van der Waals surface area contributed by atoms with Gasteiger partial charge in [-0.2, -0.15) is 0 Å². The quantitative estimate of drug-likeness (QED) is 0.798. The number of benzene rings is 1. The highest BCUT2D eigenvalue weighted by Crippen LogP contribution is 2.17. The fourth-order valence-corrected chi connectivity index (χ4v) is 2.73. The van der Waals surface area contributed by atoms with Gasteiger partial charge in [-0.3, -0.25) is 4.72 Å². The van der Waals surface area contributed by atoms with Crippen LogP contribution in [0.15, 0.2) is 53.6 Å². The van der Waals surface area contributed by atoms with Crippen molar-refractivity contribution in [3.8, 4) is 5.88 Å². The lowest BCUT2D eigenvalue weighted by Gasteiger charge is -2.08. The number of pyridine rings is 1. The van der Waals surface area contributed by atoms with Crippen molar-refractivity contribution in [3.63, 3.8) is 0 Å². The zero-order chi connectivity index (χ0) is 15.1. The van der Waals surface area contributed by atoms with Gasteiger partial charge in [0, 0.05) is 6.07 Å². The summed E-state index contributed by atoms with van der Waals surface area (Å²) in [5, 5.41) is 0. The molecule has 0 unspecified atom stereocenters. The molecule has 0 spiro atoms. The highest BCUT2D eigenvalue weighted by molar-refractivity contribution is 7.92. The Labute approximate surface area is 125 Å². The predicted octanol–water partition coefficient (Wildman–Crippen LogP) is 3.06. The van der Waals surface area contributed by atoms with Crippen LogP contribution in [0.2, 0.25) is 0 Å². The standard InChI is InChI=1S/C15H18N2O3S/c1-2-3-11-20-15-10-9-13(12-16-15)17-21(18,19)14-7-5-4-6-8-14/h4-10,12,17H,2-3,11H2,1H3. The van der Waals surface area contributed by atoms with E-state index in [-0.39, 0.29) is 4.90 Å². The van der Waals surface area contributed by atoms with E-state index in [1.54, 1.807) is 30.3 Å². The number of aromatic nitrogens is 1. The lowest BCUT2D eigenvalue weighted by Crippen LogP contribution is -2.13. The molecule has 2 rings (SSSR count). The summed E-state index contributed by atoms with van der Waals surface area (Å²) >= 11 is 0. The number of nitrogens with one attached hydrogen (secondary N) is 1. The van der Waals surface area contributed by atoms with Crippen molar-refractivity contribution in [2.24, 2.45) is 0 Å². The van der Waals surface area contributed by atoms with E-state index in [2.05, 4.69) is 16.6 Å². The Morgan fingerprint density at radius 2 is 1.90 bits per heavy atom. The minimum atomic E-state index is -3.58. The second-order valence-electron chi connectivity index (χ2n) is 4.51. The molecule has 0 aliphatic heterocycles. The van der Waals surface area contributed by atoms with E-state index in [9.17, 15) is 8.42 Å². The summed E-state index contributed by atoms with van der Waals surface area (Å²) in [5.41, 5.74) is 0.404. The van der Waals surface area contributed by atoms with Crippen molar-refractivity contribution >= 4 is 15.7 Å². The maximum atomic E-state index is 12.1. The van der Waals surface area contributed by atoms with Crippen molar-refractivity contribution in [1.29, 1.82) is 0 Å². The number of nitrogens with zero attached hydrogens (tertiary/aromatic N) is 1. The van der Waals surface area contributed by atoms with E-state index < -0.39 is 10.0 Å². The van der Waals surface area contributed by atoms with Crippen LogP contribution in [-0.4, -0.2) is 20.0 Å². The van der Waals surface area contributed by atoms with Crippen LogP contribution < -0.4 is 9.46 Å². The van der Waals surface area contributed by atoms with Crippen LogP contribution in [0, 0.1) is 0 Å². The molecule has 0 fully saturated rings.